The van der Waals surface area contributed by atoms with Crippen molar-refractivity contribution in [1.29, 1.82) is 0 Å². The highest BCUT2D eigenvalue weighted by atomic mass is 127. The van der Waals surface area contributed by atoms with E-state index in [0.717, 1.165) is 49.0 Å². The van der Waals surface area contributed by atoms with E-state index in [2.05, 4.69) is 41.3 Å². The minimum absolute atomic E-state index is 0. The van der Waals surface area contributed by atoms with Crippen LogP contribution in [-0.2, 0) is 29.5 Å². The van der Waals surface area contributed by atoms with E-state index in [4.69, 9.17) is 4.74 Å². The van der Waals surface area contributed by atoms with E-state index >= 15 is 0 Å². The number of hydrogen-bond donors (Lipinski definition) is 0. The van der Waals surface area contributed by atoms with Crippen LogP contribution in [0.15, 0.2) is 24.3 Å². The molecular formula is C22H30IN2O2+. The van der Waals surface area contributed by atoms with Crippen LogP contribution in [0.5, 0.6) is 0 Å². The molecule has 4 nitrogen and oxygen atoms in total. The van der Waals surface area contributed by atoms with Crippen LogP contribution in [0.1, 0.15) is 51.3 Å². The molecule has 1 aromatic carbocycles. The first-order valence-corrected chi connectivity index (χ1v) is 10.2. The number of carbonyl (C=O) groups is 1. The summed E-state index contributed by atoms with van der Waals surface area (Å²) in [6.07, 6.45) is 8.32. The average molecular weight is 481 g/mol. The van der Waals surface area contributed by atoms with Crippen LogP contribution >= 0.6 is 24.0 Å². The Bertz CT molecular complexity index is 837. The molecule has 4 aliphatic rings. The summed E-state index contributed by atoms with van der Waals surface area (Å²) in [6.45, 7) is 2.47. The van der Waals surface area contributed by atoms with E-state index in [0.29, 0.717) is 6.54 Å². The topological polar surface area (TPSA) is 35.1 Å². The number of esters is 1. The molecule has 4 aliphatic carbocycles. The van der Waals surface area contributed by atoms with E-state index in [1.54, 1.807) is 0 Å². The van der Waals surface area contributed by atoms with Crippen LogP contribution in [0, 0.1) is 17.8 Å². The van der Waals surface area contributed by atoms with Crippen molar-refractivity contribution in [3.63, 3.8) is 0 Å². The standard InChI is InChI=1S/C22H29N2O2.HI/c1-3-20-23(2)18-6-4-5-7-19(18)24(20)14-21(25)26-22-11-15-8-16(12-22)10-17(9-15)13-22;/h4-7,15-17H,3,8-14H2,1-2H3;1H/q+1;. The number of halogens is 1. The van der Waals surface area contributed by atoms with Gasteiger partial charge in [0.15, 0.2) is 17.6 Å². The third-order valence-corrected chi connectivity index (χ3v) is 7.15. The summed E-state index contributed by atoms with van der Waals surface area (Å²) < 4.78 is 10.6. The lowest BCUT2D eigenvalue weighted by molar-refractivity contribution is -0.653. The van der Waals surface area contributed by atoms with Gasteiger partial charge in [0.05, 0.1) is 7.05 Å². The number of aryl methyl sites for hydroxylation is 1. The van der Waals surface area contributed by atoms with Gasteiger partial charge in [-0.1, -0.05) is 19.1 Å². The van der Waals surface area contributed by atoms with Crippen LogP contribution < -0.4 is 4.57 Å². The summed E-state index contributed by atoms with van der Waals surface area (Å²) in [6, 6.07) is 8.32. The number of benzene rings is 1. The molecule has 0 amide bonds. The number of ether oxygens (including phenoxy) is 1. The molecular weight excluding hydrogens is 451 g/mol. The molecule has 4 saturated carbocycles. The van der Waals surface area contributed by atoms with Crippen molar-refractivity contribution in [2.24, 2.45) is 24.8 Å². The quantitative estimate of drug-likeness (QED) is 0.374. The Morgan fingerprint density at radius 2 is 1.74 bits per heavy atom. The molecule has 0 aliphatic heterocycles. The average Bonchev–Trinajstić information content (AvgIpc) is 2.85. The second-order valence-electron chi connectivity index (χ2n) is 8.98. The van der Waals surface area contributed by atoms with Crippen molar-refractivity contribution in [3.05, 3.63) is 30.1 Å². The minimum Gasteiger partial charge on any atom is -0.456 e. The Balaban J connectivity index is 0.00000180. The van der Waals surface area contributed by atoms with Gasteiger partial charge < -0.3 is 4.74 Å². The lowest BCUT2D eigenvalue weighted by Gasteiger charge is -2.55. The third-order valence-electron chi connectivity index (χ3n) is 7.15. The van der Waals surface area contributed by atoms with Gasteiger partial charge in [-0.3, -0.25) is 0 Å². The number of fused-ring (bicyclic) bond motifs is 1. The zero-order valence-corrected chi connectivity index (χ0v) is 18.6. The number of hydrogen-bond acceptors (Lipinski definition) is 2. The van der Waals surface area contributed by atoms with Crippen LogP contribution in [0.25, 0.3) is 11.0 Å². The predicted molar refractivity (Wildman–Crippen MR) is 115 cm³/mol. The monoisotopic (exact) mass is 481 g/mol. The summed E-state index contributed by atoms with van der Waals surface area (Å²) in [5, 5.41) is 0. The van der Waals surface area contributed by atoms with Crippen molar-refractivity contribution in [3.8, 4) is 0 Å². The number of aromatic nitrogens is 2. The fraction of sp³-hybridized carbons (Fsp3) is 0.636. The Kier molecular flexibility index (Phi) is 5.02. The van der Waals surface area contributed by atoms with Gasteiger partial charge in [0.2, 0.25) is 0 Å². The minimum atomic E-state index is -0.149. The number of rotatable bonds is 4. The van der Waals surface area contributed by atoms with Crippen molar-refractivity contribution >= 4 is 41.0 Å². The van der Waals surface area contributed by atoms with Gasteiger partial charge in [0, 0.05) is 6.42 Å². The van der Waals surface area contributed by atoms with Crippen molar-refractivity contribution in [1.82, 2.24) is 4.57 Å². The third kappa shape index (κ3) is 3.19. The molecule has 1 heterocycles. The molecule has 6 rings (SSSR count). The molecule has 27 heavy (non-hydrogen) atoms. The molecule has 5 heteroatoms. The molecule has 4 fully saturated rings. The van der Waals surface area contributed by atoms with E-state index < -0.39 is 0 Å². The van der Waals surface area contributed by atoms with Gasteiger partial charge in [-0.25, -0.2) is 13.9 Å². The number of imidazole rings is 1. The maximum Gasteiger partial charge on any atom is 0.349 e. The van der Waals surface area contributed by atoms with Gasteiger partial charge in [0.25, 0.3) is 5.82 Å². The number of para-hydroxylation sites is 2. The van der Waals surface area contributed by atoms with E-state index in [1.165, 1.54) is 30.6 Å². The van der Waals surface area contributed by atoms with Gasteiger partial charge in [0.1, 0.15) is 5.60 Å². The number of nitrogens with zero attached hydrogens (tertiary/aromatic N) is 2. The normalized spacial score (nSPS) is 31.1. The summed E-state index contributed by atoms with van der Waals surface area (Å²) >= 11 is 0. The Morgan fingerprint density at radius 1 is 1.15 bits per heavy atom. The molecule has 1 aromatic heterocycles. The molecule has 146 valence electrons. The lowest BCUT2D eigenvalue weighted by Crippen LogP contribution is -2.53. The molecule has 0 spiro atoms. The Morgan fingerprint density at radius 3 is 2.33 bits per heavy atom. The first-order chi connectivity index (χ1) is 12.6. The van der Waals surface area contributed by atoms with Crippen molar-refractivity contribution in [2.75, 3.05) is 0 Å². The fourth-order valence-electron chi connectivity index (χ4n) is 6.60. The number of carbonyl (C=O) groups excluding carboxylic acids is 1. The SMILES string of the molecule is CCc1n(CC(=O)OC23CC4CC(CC(C4)C2)C3)c2ccccc2[n+]1C.I. The maximum absolute atomic E-state index is 13.0. The summed E-state index contributed by atoms with van der Waals surface area (Å²) in [5.41, 5.74) is 2.14. The van der Waals surface area contributed by atoms with E-state index in [9.17, 15) is 4.79 Å². The summed E-state index contributed by atoms with van der Waals surface area (Å²) in [4.78, 5) is 13.0. The summed E-state index contributed by atoms with van der Waals surface area (Å²) in [5.74, 6) is 3.51. The molecule has 4 bridgehead atoms. The zero-order chi connectivity index (χ0) is 17.9. The van der Waals surface area contributed by atoms with Crippen LogP contribution in [0.4, 0.5) is 0 Å². The first kappa shape index (κ1) is 19.2. The highest BCUT2D eigenvalue weighted by molar-refractivity contribution is 14.0. The van der Waals surface area contributed by atoms with E-state index in [1.807, 2.05) is 6.07 Å². The molecule has 0 atom stereocenters. The second-order valence-corrected chi connectivity index (χ2v) is 8.98. The fourth-order valence-corrected chi connectivity index (χ4v) is 6.60. The van der Waals surface area contributed by atoms with Crippen LogP contribution in [0.2, 0.25) is 0 Å². The summed E-state index contributed by atoms with van der Waals surface area (Å²) in [7, 11) is 2.09. The second kappa shape index (κ2) is 7.05. The maximum atomic E-state index is 13.0. The van der Waals surface area contributed by atoms with Crippen LogP contribution in [0.3, 0.4) is 0 Å². The largest absolute Gasteiger partial charge is 0.456 e. The highest BCUT2D eigenvalue weighted by Gasteiger charge is 2.53. The highest BCUT2D eigenvalue weighted by Crippen LogP contribution is 2.57. The van der Waals surface area contributed by atoms with Gasteiger partial charge in [-0.2, -0.15) is 0 Å². The Hall–Kier alpha value is -1.11. The van der Waals surface area contributed by atoms with Crippen molar-refractivity contribution < 1.29 is 14.1 Å². The molecule has 0 saturated heterocycles. The molecule has 0 N–H and O–H groups in total. The van der Waals surface area contributed by atoms with Crippen LogP contribution in [-0.4, -0.2) is 16.1 Å². The van der Waals surface area contributed by atoms with Gasteiger partial charge >= 0.3 is 5.97 Å². The smallest absolute Gasteiger partial charge is 0.349 e. The molecule has 2 aromatic rings. The van der Waals surface area contributed by atoms with Crippen molar-refractivity contribution in [2.45, 2.75) is 64.0 Å². The lowest BCUT2D eigenvalue weighted by atomic mass is 9.54. The first-order valence-electron chi connectivity index (χ1n) is 10.2. The molecule has 0 unspecified atom stereocenters. The van der Waals surface area contributed by atoms with E-state index in [-0.39, 0.29) is 35.5 Å². The Labute approximate surface area is 178 Å². The molecule has 0 radical (unpaired) electrons. The van der Waals surface area contributed by atoms with Gasteiger partial charge in [-0.05, 0) is 68.4 Å². The zero-order valence-electron chi connectivity index (χ0n) is 16.3. The predicted octanol–water partition coefficient (Wildman–Crippen LogP) is 4.16. The van der Waals surface area contributed by atoms with Gasteiger partial charge in [-0.15, -0.1) is 24.0 Å².